The summed E-state index contributed by atoms with van der Waals surface area (Å²) in [4.78, 5) is 18.8. The molecule has 1 saturated heterocycles. The number of hydrogen-bond acceptors (Lipinski definition) is 4. The van der Waals surface area contributed by atoms with Crippen molar-refractivity contribution in [1.82, 2.24) is 14.7 Å². The van der Waals surface area contributed by atoms with Gasteiger partial charge in [-0.3, -0.25) is 14.6 Å². The van der Waals surface area contributed by atoms with Crippen LogP contribution >= 0.6 is 0 Å². The second-order valence-corrected chi connectivity index (χ2v) is 6.86. The van der Waals surface area contributed by atoms with Gasteiger partial charge in [0.2, 0.25) is 5.91 Å². The van der Waals surface area contributed by atoms with Crippen LogP contribution in [0.5, 0.6) is 0 Å². The van der Waals surface area contributed by atoms with E-state index in [4.69, 9.17) is 0 Å². The predicted molar refractivity (Wildman–Crippen MR) is 93.2 cm³/mol. The molecule has 0 spiro atoms. The minimum Gasteiger partial charge on any atom is -0.339 e. The van der Waals surface area contributed by atoms with E-state index >= 15 is 0 Å². The Morgan fingerprint density at radius 3 is 2.46 bits per heavy atom. The number of benzene rings is 1. The van der Waals surface area contributed by atoms with E-state index in [-0.39, 0.29) is 11.9 Å². The Balaban J connectivity index is 1.51. The summed E-state index contributed by atoms with van der Waals surface area (Å²) < 4.78 is 0. The maximum Gasteiger partial charge on any atom is 0.236 e. The molecule has 1 aliphatic heterocycles. The van der Waals surface area contributed by atoms with Gasteiger partial charge in [-0.2, -0.15) is 5.26 Å². The molecule has 1 amide bonds. The fraction of sp³-hybridized carbons (Fsp3) is 0.579. The highest BCUT2D eigenvalue weighted by atomic mass is 16.2. The molecule has 1 aromatic rings. The highest BCUT2D eigenvalue weighted by Gasteiger charge is 2.29. The smallest absolute Gasteiger partial charge is 0.236 e. The molecular weight excluding hydrogens is 300 g/mol. The molecule has 5 heteroatoms. The molecule has 24 heavy (non-hydrogen) atoms. The normalized spacial score (nSPS) is 20.5. The van der Waals surface area contributed by atoms with E-state index in [1.807, 2.05) is 35.2 Å². The minimum atomic E-state index is -0.221. The summed E-state index contributed by atoms with van der Waals surface area (Å²) in [6.07, 6.45) is 3.73. The number of carbonyl (C=O) groups excluding carboxylic acids is 1. The Hall–Kier alpha value is -1.90. The summed E-state index contributed by atoms with van der Waals surface area (Å²) in [5.74, 6) is 0.220. The standard InChI is InChI=1S/C19H26N4O/c1-21(17-8-5-9-17)15-19(24)23-12-10-22(11-13-23)18(14-20)16-6-3-2-4-7-16/h2-4,6-7,17-18H,5,8-13,15H2,1H3/t18-/m0/s1. The highest BCUT2D eigenvalue weighted by Crippen LogP contribution is 2.24. The lowest BCUT2D eigenvalue weighted by Crippen LogP contribution is -2.52. The van der Waals surface area contributed by atoms with Gasteiger partial charge >= 0.3 is 0 Å². The Morgan fingerprint density at radius 1 is 1.25 bits per heavy atom. The van der Waals surface area contributed by atoms with Crippen molar-refractivity contribution in [3.05, 3.63) is 35.9 Å². The van der Waals surface area contributed by atoms with Crippen LogP contribution in [0, 0.1) is 11.3 Å². The van der Waals surface area contributed by atoms with Crippen molar-refractivity contribution >= 4 is 5.91 Å². The first kappa shape index (κ1) is 16.9. The molecule has 1 aromatic carbocycles. The number of nitrogens with zero attached hydrogens (tertiary/aromatic N) is 4. The molecule has 1 aliphatic carbocycles. The number of amides is 1. The van der Waals surface area contributed by atoms with Crippen molar-refractivity contribution in [2.24, 2.45) is 0 Å². The van der Waals surface area contributed by atoms with Crippen LogP contribution in [0.15, 0.2) is 30.3 Å². The maximum absolute atomic E-state index is 12.5. The fourth-order valence-corrected chi connectivity index (χ4v) is 3.50. The first-order valence-corrected chi connectivity index (χ1v) is 8.85. The Kier molecular flexibility index (Phi) is 5.49. The summed E-state index contributed by atoms with van der Waals surface area (Å²) in [5, 5.41) is 9.54. The third-order valence-electron chi connectivity index (χ3n) is 5.35. The SMILES string of the molecule is CN(CC(=O)N1CCN([C@@H](C#N)c2ccccc2)CC1)C1CCC1. The van der Waals surface area contributed by atoms with E-state index in [0.717, 1.165) is 18.7 Å². The Labute approximate surface area is 144 Å². The van der Waals surface area contributed by atoms with Gasteiger partial charge in [0, 0.05) is 32.2 Å². The van der Waals surface area contributed by atoms with Crippen LogP contribution < -0.4 is 0 Å². The van der Waals surface area contributed by atoms with E-state index in [1.54, 1.807) is 0 Å². The van der Waals surface area contributed by atoms with Gasteiger partial charge in [0.25, 0.3) is 0 Å². The Morgan fingerprint density at radius 2 is 1.92 bits per heavy atom. The number of nitriles is 1. The molecule has 128 valence electrons. The minimum absolute atomic E-state index is 0.220. The third-order valence-corrected chi connectivity index (χ3v) is 5.35. The van der Waals surface area contributed by atoms with Crippen LogP contribution in [0.3, 0.4) is 0 Å². The average molecular weight is 326 g/mol. The van der Waals surface area contributed by atoms with Gasteiger partial charge in [-0.1, -0.05) is 36.8 Å². The summed E-state index contributed by atoms with van der Waals surface area (Å²) in [6.45, 7) is 3.45. The lowest BCUT2D eigenvalue weighted by molar-refractivity contribution is -0.135. The van der Waals surface area contributed by atoms with Crippen molar-refractivity contribution in [3.8, 4) is 6.07 Å². The summed E-state index contributed by atoms with van der Waals surface area (Å²) in [5.41, 5.74) is 1.03. The van der Waals surface area contributed by atoms with Crippen molar-refractivity contribution < 1.29 is 4.79 Å². The zero-order chi connectivity index (χ0) is 16.9. The summed E-state index contributed by atoms with van der Waals surface area (Å²) in [6, 6.07) is 12.7. The zero-order valence-electron chi connectivity index (χ0n) is 14.4. The van der Waals surface area contributed by atoms with Gasteiger partial charge in [-0.15, -0.1) is 0 Å². The van der Waals surface area contributed by atoms with Crippen LogP contribution in [0.25, 0.3) is 0 Å². The molecule has 1 heterocycles. The van der Waals surface area contributed by atoms with Crippen molar-refractivity contribution in [3.63, 3.8) is 0 Å². The number of likely N-dealkylation sites (N-methyl/N-ethyl adjacent to an activating group) is 1. The maximum atomic E-state index is 12.5. The van der Waals surface area contributed by atoms with Crippen LogP contribution in [0.1, 0.15) is 30.9 Å². The number of carbonyl (C=O) groups is 1. The van der Waals surface area contributed by atoms with Crippen molar-refractivity contribution in [2.45, 2.75) is 31.3 Å². The average Bonchev–Trinajstić information content (AvgIpc) is 2.55. The molecule has 3 rings (SSSR count). The first-order valence-electron chi connectivity index (χ1n) is 8.85. The molecule has 0 aromatic heterocycles. The van der Waals surface area contributed by atoms with Crippen molar-refractivity contribution in [2.75, 3.05) is 39.8 Å². The quantitative estimate of drug-likeness (QED) is 0.829. The number of piperazine rings is 1. The second-order valence-electron chi connectivity index (χ2n) is 6.86. The van der Waals surface area contributed by atoms with E-state index in [9.17, 15) is 10.1 Å². The van der Waals surface area contributed by atoms with Crippen LogP contribution in [0.4, 0.5) is 0 Å². The van der Waals surface area contributed by atoms with Gasteiger partial charge in [0.1, 0.15) is 6.04 Å². The molecule has 1 saturated carbocycles. The lowest BCUT2D eigenvalue weighted by Gasteiger charge is -2.39. The molecule has 0 unspecified atom stereocenters. The first-order chi connectivity index (χ1) is 11.7. The number of rotatable bonds is 5. The monoisotopic (exact) mass is 326 g/mol. The fourth-order valence-electron chi connectivity index (χ4n) is 3.50. The van der Waals surface area contributed by atoms with E-state index in [1.165, 1.54) is 19.3 Å². The van der Waals surface area contributed by atoms with Gasteiger partial charge < -0.3 is 4.90 Å². The largest absolute Gasteiger partial charge is 0.339 e. The summed E-state index contributed by atoms with van der Waals surface area (Å²) in [7, 11) is 2.05. The topological polar surface area (TPSA) is 50.6 Å². The number of hydrogen-bond donors (Lipinski definition) is 0. The van der Waals surface area contributed by atoms with Gasteiger partial charge in [-0.05, 0) is 25.5 Å². The zero-order valence-corrected chi connectivity index (χ0v) is 14.4. The molecular formula is C19H26N4O. The van der Waals surface area contributed by atoms with Crippen LogP contribution in [-0.4, -0.2) is 66.4 Å². The Bertz CT molecular complexity index is 585. The highest BCUT2D eigenvalue weighted by molar-refractivity contribution is 5.78. The lowest BCUT2D eigenvalue weighted by atomic mass is 9.92. The van der Waals surface area contributed by atoms with E-state index in [0.29, 0.717) is 25.7 Å². The molecule has 0 radical (unpaired) electrons. The molecule has 5 nitrogen and oxygen atoms in total. The molecule has 2 aliphatic rings. The van der Waals surface area contributed by atoms with Gasteiger partial charge in [0.15, 0.2) is 0 Å². The summed E-state index contributed by atoms with van der Waals surface area (Å²) >= 11 is 0. The predicted octanol–water partition coefficient (Wildman–Crippen LogP) is 1.88. The molecule has 0 N–H and O–H groups in total. The third kappa shape index (κ3) is 3.77. The molecule has 0 bridgehead atoms. The van der Waals surface area contributed by atoms with Crippen molar-refractivity contribution in [1.29, 1.82) is 5.26 Å². The van der Waals surface area contributed by atoms with E-state index in [2.05, 4.69) is 22.9 Å². The second kappa shape index (κ2) is 7.78. The van der Waals surface area contributed by atoms with Crippen LogP contribution in [-0.2, 0) is 4.79 Å². The van der Waals surface area contributed by atoms with Gasteiger partial charge in [-0.25, -0.2) is 0 Å². The van der Waals surface area contributed by atoms with Gasteiger partial charge in [0.05, 0.1) is 12.6 Å². The van der Waals surface area contributed by atoms with Crippen LogP contribution in [0.2, 0.25) is 0 Å². The molecule has 1 atom stereocenters. The molecule has 2 fully saturated rings. The van der Waals surface area contributed by atoms with E-state index < -0.39 is 0 Å².